The fourth-order valence-corrected chi connectivity index (χ4v) is 2.47. The molecule has 10 heteroatoms. The first-order valence-corrected chi connectivity index (χ1v) is 8.50. The van der Waals surface area contributed by atoms with Gasteiger partial charge in [-0.2, -0.15) is 0 Å². The molecule has 0 N–H and O–H groups in total. The van der Waals surface area contributed by atoms with Gasteiger partial charge in [-0.3, -0.25) is 19.9 Å². The lowest BCUT2D eigenvalue weighted by molar-refractivity contribution is -0.385. The number of carbonyl (C=O) groups excluding carboxylic acids is 2. The maximum Gasteiger partial charge on any atom is 0.358 e. The van der Waals surface area contributed by atoms with Crippen molar-refractivity contribution in [1.82, 2.24) is 9.97 Å². The lowest BCUT2D eigenvalue weighted by atomic mass is 10.1. The number of ketones is 1. The SMILES string of the molecule is O=C(COC(=O)c1cnccn1)c1ccc(Oc2c(Cl)cccc2[N+](=O)[O-])cc1. The molecule has 0 saturated carbocycles. The quantitative estimate of drug-likeness (QED) is 0.247. The van der Waals surface area contributed by atoms with Crippen molar-refractivity contribution in [2.75, 3.05) is 6.61 Å². The summed E-state index contributed by atoms with van der Waals surface area (Å²) >= 11 is 5.98. The van der Waals surface area contributed by atoms with Crippen LogP contribution in [0.15, 0.2) is 61.1 Å². The van der Waals surface area contributed by atoms with Gasteiger partial charge in [0.05, 0.1) is 16.1 Å². The van der Waals surface area contributed by atoms with Crippen molar-refractivity contribution in [3.05, 3.63) is 87.4 Å². The zero-order valence-corrected chi connectivity index (χ0v) is 15.4. The molecule has 0 radical (unpaired) electrons. The Labute approximate surface area is 169 Å². The molecule has 1 heterocycles. The number of hydrogen-bond acceptors (Lipinski definition) is 8. The number of halogens is 1. The molecule has 0 aliphatic heterocycles. The number of hydrogen-bond donors (Lipinski definition) is 0. The Morgan fingerprint density at radius 2 is 1.86 bits per heavy atom. The molecule has 0 fully saturated rings. The van der Waals surface area contributed by atoms with E-state index in [4.69, 9.17) is 21.1 Å². The predicted molar refractivity (Wildman–Crippen MR) is 101 cm³/mol. The molecule has 3 aromatic rings. The third-order valence-corrected chi connectivity index (χ3v) is 3.94. The van der Waals surface area contributed by atoms with Crippen molar-refractivity contribution in [3.8, 4) is 11.5 Å². The number of nitrogens with zero attached hydrogens (tertiary/aromatic N) is 3. The Kier molecular flexibility index (Phi) is 6.10. The number of esters is 1. The third-order valence-electron chi connectivity index (χ3n) is 3.65. The zero-order chi connectivity index (χ0) is 20.8. The van der Waals surface area contributed by atoms with Crippen molar-refractivity contribution < 1.29 is 24.0 Å². The van der Waals surface area contributed by atoms with Crippen LogP contribution in [0.3, 0.4) is 0 Å². The topological polar surface area (TPSA) is 122 Å². The van der Waals surface area contributed by atoms with Crippen LogP contribution in [0.5, 0.6) is 11.5 Å². The van der Waals surface area contributed by atoms with Gasteiger partial charge < -0.3 is 9.47 Å². The van der Waals surface area contributed by atoms with Gasteiger partial charge in [0.1, 0.15) is 5.75 Å². The molecular formula is C19H12ClN3O6. The van der Waals surface area contributed by atoms with Gasteiger partial charge in [0.2, 0.25) is 5.75 Å². The fraction of sp³-hybridized carbons (Fsp3) is 0.0526. The first kappa shape index (κ1) is 19.9. The summed E-state index contributed by atoms with van der Waals surface area (Å²) in [5.74, 6) is -1.07. The molecule has 3 rings (SSSR count). The van der Waals surface area contributed by atoms with E-state index in [0.29, 0.717) is 0 Å². The third kappa shape index (κ3) is 4.90. The van der Waals surface area contributed by atoms with Crippen molar-refractivity contribution in [1.29, 1.82) is 0 Å². The van der Waals surface area contributed by atoms with E-state index in [1.54, 1.807) is 0 Å². The largest absolute Gasteiger partial charge is 0.453 e. The van der Waals surface area contributed by atoms with E-state index < -0.39 is 23.3 Å². The van der Waals surface area contributed by atoms with Crippen LogP contribution in [-0.2, 0) is 4.74 Å². The van der Waals surface area contributed by atoms with Gasteiger partial charge in [-0.1, -0.05) is 17.7 Å². The minimum atomic E-state index is -0.766. The van der Waals surface area contributed by atoms with Crippen molar-refractivity contribution in [2.24, 2.45) is 0 Å². The lowest BCUT2D eigenvalue weighted by Crippen LogP contribution is -2.15. The number of para-hydroxylation sites is 1. The normalized spacial score (nSPS) is 10.2. The Hall–Kier alpha value is -3.85. The molecule has 0 saturated heterocycles. The van der Waals surface area contributed by atoms with Crippen LogP contribution in [-0.4, -0.2) is 33.3 Å². The molecule has 0 aliphatic rings. The number of benzene rings is 2. The van der Waals surface area contributed by atoms with E-state index in [9.17, 15) is 19.7 Å². The van der Waals surface area contributed by atoms with Gasteiger partial charge in [0.25, 0.3) is 0 Å². The number of ether oxygens (including phenoxy) is 2. The molecule has 2 aromatic carbocycles. The summed E-state index contributed by atoms with van der Waals surface area (Å²) in [6.45, 7) is -0.481. The summed E-state index contributed by atoms with van der Waals surface area (Å²) in [4.78, 5) is 42.0. The van der Waals surface area contributed by atoms with E-state index in [1.807, 2.05) is 0 Å². The van der Waals surface area contributed by atoms with E-state index in [1.165, 1.54) is 61.1 Å². The summed E-state index contributed by atoms with van der Waals surface area (Å²) in [5.41, 5.74) is -0.0306. The summed E-state index contributed by atoms with van der Waals surface area (Å²) in [5, 5.41) is 11.2. The highest BCUT2D eigenvalue weighted by Crippen LogP contribution is 2.37. The molecule has 0 bridgehead atoms. The highest BCUT2D eigenvalue weighted by molar-refractivity contribution is 6.32. The minimum Gasteiger partial charge on any atom is -0.453 e. The highest BCUT2D eigenvalue weighted by Gasteiger charge is 2.19. The minimum absolute atomic E-state index is 0.00891. The van der Waals surface area contributed by atoms with Gasteiger partial charge in [0, 0.05) is 24.0 Å². The number of nitro benzene ring substituents is 1. The summed E-state index contributed by atoms with van der Waals surface area (Å²) < 4.78 is 10.4. The molecule has 146 valence electrons. The average molecular weight is 414 g/mol. The number of Topliss-reactive ketones (excluding diaryl/α,β-unsaturated/α-hetero) is 1. The molecule has 0 spiro atoms. The molecule has 1 aromatic heterocycles. The van der Waals surface area contributed by atoms with Crippen molar-refractivity contribution in [2.45, 2.75) is 0 Å². The standard InChI is InChI=1S/C19H12ClN3O6/c20-14-2-1-3-16(23(26)27)18(14)29-13-6-4-12(5-7-13)17(24)11-28-19(25)15-10-21-8-9-22-15/h1-10H,11H2. The second kappa shape index (κ2) is 8.89. The fourth-order valence-electron chi connectivity index (χ4n) is 2.26. The van der Waals surface area contributed by atoms with Gasteiger partial charge in [-0.05, 0) is 30.3 Å². The Balaban J connectivity index is 1.65. The van der Waals surface area contributed by atoms with Gasteiger partial charge in [-0.25, -0.2) is 9.78 Å². The van der Waals surface area contributed by atoms with Crippen molar-refractivity contribution >= 4 is 29.0 Å². The average Bonchev–Trinajstić information content (AvgIpc) is 2.74. The van der Waals surface area contributed by atoms with Gasteiger partial charge >= 0.3 is 11.7 Å². The van der Waals surface area contributed by atoms with Crippen LogP contribution < -0.4 is 4.74 Å². The molecule has 9 nitrogen and oxygen atoms in total. The number of aromatic nitrogens is 2. The predicted octanol–water partition coefficient (Wildman–Crippen LogP) is 3.87. The molecule has 0 unspecified atom stereocenters. The second-order valence-electron chi connectivity index (χ2n) is 5.56. The molecule has 0 aliphatic carbocycles. The van der Waals surface area contributed by atoms with E-state index in [2.05, 4.69) is 9.97 Å². The smallest absolute Gasteiger partial charge is 0.358 e. The maximum absolute atomic E-state index is 12.2. The zero-order valence-electron chi connectivity index (χ0n) is 14.6. The van der Waals surface area contributed by atoms with Crippen LogP contribution in [0, 0.1) is 10.1 Å². The van der Waals surface area contributed by atoms with Crippen LogP contribution in [0.4, 0.5) is 5.69 Å². The summed E-state index contributed by atoms with van der Waals surface area (Å²) in [6.07, 6.45) is 3.97. The first-order chi connectivity index (χ1) is 14.0. The van der Waals surface area contributed by atoms with Crippen LogP contribution >= 0.6 is 11.6 Å². The lowest BCUT2D eigenvalue weighted by Gasteiger charge is -2.09. The van der Waals surface area contributed by atoms with Crippen LogP contribution in [0.1, 0.15) is 20.8 Å². The molecule has 0 amide bonds. The van der Waals surface area contributed by atoms with Crippen molar-refractivity contribution in [3.63, 3.8) is 0 Å². The van der Waals surface area contributed by atoms with Crippen LogP contribution in [0.25, 0.3) is 0 Å². The summed E-state index contributed by atoms with van der Waals surface area (Å²) in [7, 11) is 0. The number of rotatable bonds is 7. The van der Waals surface area contributed by atoms with E-state index in [0.717, 1.165) is 0 Å². The first-order valence-electron chi connectivity index (χ1n) is 8.13. The number of nitro groups is 1. The van der Waals surface area contributed by atoms with E-state index in [-0.39, 0.29) is 33.5 Å². The summed E-state index contributed by atoms with van der Waals surface area (Å²) in [6, 6.07) is 9.96. The maximum atomic E-state index is 12.2. The van der Waals surface area contributed by atoms with E-state index >= 15 is 0 Å². The molecule has 0 atom stereocenters. The second-order valence-corrected chi connectivity index (χ2v) is 5.97. The Morgan fingerprint density at radius 3 is 2.52 bits per heavy atom. The van der Waals surface area contributed by atoms with Gasteiger partial charge in [0.15, 0.2) is 18.1 Å². The highest BCUT2D eigenvalue weighted by atomic mass is 35.5. The Bertz CT molecular complexity index is 1060. The number of carbonyl (C=O) groups is 2. The van der Waals surface area contributed by atoms with Gasteiger partial charge in [-0.15, -0.1) is 0 Å². The molecular weight excluding hydrogens is 402 g/mol. The monoisotopic (exact) mass is 413 g/mol. The molecule has 29 heavy (non-hydrogen) atoms. The Morgan fingerprint density at radius 1 is 1.10 bits per heavy atom. The van der Waals surface area contributed by atoms with Crippen LogP contribution in [0.2, 0.25) is 5.02 Å².